The van der Waals surface area contributed by atoms with Crippen molar-refractivity contribution < 1.29 is 19.1 Å². The quantitative estimate of drug-likeness (QED) is 0.778. The molecule has 3 rings (SSSR count). The summed E-state index contributed by atoms with van der Waals surface area (Å²) in [5.41, 5.74) is 0.0116. The lowest BCUT2D eigenvalue weighted by atomic mass is 10.0. The first-order chi connectivity index (χ1) is 9.15. The molecule has 0 unspecified atom stereocenters. The van der Waals surface area contributed by atoms with Crippen LogP contribution in [0, 0.1) is 0 Å². The highest BCUT2D eigenvalue weighted by atomic mass is 16.8. The predicted molar refractivity (Wildman–Crippen MR) is 66.6 cm³/mol. The molecule has 2 heterocycles. The largest absolute Gasteiger partial charge is 0.436 e. The molecule has 0 radical (unpaired) electrons. The molecule has 19 heavy (non-hydrogen) atoms. The Balaban J connectivity index is 1.90. The van der Waals surface area contributed by atoms with Gasteiger partial charge in [-0.1, -0.05) is 30.3 Å². The molecule has 102 valence electrons. The maximum absolute atomic E-state index is 12.0. The first-order valence-corrected chi connectivity index (χ1v) is 6.51. The number of ether oxygens (including phenoxy) is 2. The second-order valence-corrected chi connectivity index (χ2v) is 4.84. The van der Waals surface area contributed by atoms with Crippen molar-refractivity contribution in [3.8, 4) is 0 Å². The molecule has 2 aliphatic heterocycles. The highest BCUT2D eigenvalue weighted by Crippen LogP contribution is 2.43. The lowest BCUT2D eigenvalue weighted by molar-refractivity contribution is -0.303. The van der Waals surface area contributed by atoms with Gasteiger partial charge in [-0.2, -0.15) is 0 Å². The number of fused-ring (bicyclic) bond motifs is 1. The van der Waals surface area contributed by atoms with Gasteiger partial charge in [-0.15, -0.1) is 5.06 Å². The van der Waals surface area contributed by atoms with Crippen LogP contribution < -0.4 is 0 Å². The fourth-order valence-electron chi connectivity index (χ4n) is 2.64. The zero-order chi connectivity index (χ0) is 13.5. The number of rotatable bonds is 3. The monoisotopic (exact) mass is 263 g/mol. The SMILES string of the molecule is CCO[C@@H]1C[C@@H]2C(=O)O[C@@](C)(c3ccccc3)N2O1. The van der Waals surface area contributed by atoms with Crippen molar-refractivity contribution in [1.29, 1.82) is 0 Å². The van der Waals surface area contributed by atoms with Gasteiger partial charge in [0.05, 0.1) is 0 Å². The molecule has 0 bridgehead atoms. The van der Waals surface area contributed by atoms with E-state index in [1.54, 1.807) is 5.06 Å². The molecule has 0 N–H and O–H groups in total. The number of hydrogen-bond donors (Lipinski definition) is 0. The molecule has 2 saturated heterocycles. The molecule has 0 saturated carbocycles. The minimum absolute atomic E-state index is 0.256. The van der Waals surface area contributed by atoms with Gasteiger partial charge in [0.15, 0.2) is 6.29 Å². The Morgan fingerprint density at radius 3 is 2.84 bits per heavy atom. The van der Waals surface area contributed by atoms with Gasteiger partial charge in [0.25, 0.3) is 0 Å². The van der Waals surface area contributed by atoms with E-state index in [9.17, 15) is 4.79 Å². The van der Waals surface area contributed by atoms with Crippen LogP contribution in [0.15, 0.2) is 30.3 Å². The van der Waals surface area contributed by atoms with Crippen LogP contribution in [0.5, 0.6) is 0 Å². The molecule has 5 nitrogen and oxygen atoms in total. The van der Waals surface area contributed by atoms with Gasteiger partial charge in [0.1, 0.15) is 6.04 Å². The summed E-state index contributed by atoms with van der Waals surface area (Å²) in [6.07, 6.45) is 0.139. The van der Waals surface area contributed by atoms with Crippen molar-refractivity contribution in [2.24, 2.45) is 0 Å². The Morgan fingerprint density at radius 1 is 1.42 bits per heavy atom. The van der Waals surface area contributed by atoms with Crippen LogP contribution in [-0.2, 0) is 24.8 Å². The number of hydroxylamine groups is 2. The zero-order valence-electron chi connectivity index (χ0n) is 11.0. The summed E-state index contributed by atoms with van der Waals surface area (Å²) in [6, 6.07) is 9.21. The second kappa shape index (κ2) is 4.59. The van der Waals surface area contributed by atoms with Crippen LogP contribution in [0.25, 0.3) is 0 Å². The van der Waals surface area contributed by atoms with Crippen molar-refractivity contribution in [1.82, 2.24) is 5.06 Å². The number of nitrogens with zero attached hydrogens (tertiary/aromatic N) is 1. The van der Waals surface area contributed by atoms with Crippen LogP contribution in [0.3, 0.4) is 0 Å². The zero-order valence-corrected chi connectivity index (χ0v) is 11.0. The number of hydrogen-bond acceptors (Lipinski definition) is 5. The van der Waals surface area contributed by atoms with Crippen molar-refractivity contribution in [3.05, 3.63) is 35.9 Å². The number of carbonyl (C=O) groups is 1. The summed E-state index contributed by atoms with van der Waals surface area (Å²) in [5, 5.41) is 1.63. The third-order valence-electron chi connectivity index (χ3n) is 3.58. The maximum Gasteiger partial charge on any atom is 0.328 e. The highest BCUT2D eigenvalue weighted by Gasteiger charge is 2.58. The molecule has 0 aromatic heterocycles. The minimum Gasteiger partial charge on any atom is -0.436 e. The maximum atomic E-state index is 12.0. The molecule has 2 fully saturated rings. The molecule has 0 aliphatic carbocycles. The van der Waals surface area contributed by atoms with E-state index in [1.807, 2.05) is 44.2 Å². The van der Waals surface area contributed by atoms with Gasteiger partial charge in [0.2, 0.25) is 5.72 Å². The van der Waals surface area contributed by atoms with Crippen molar-refractivity contribution in [2.75, 3.05) is 6.61 Å². The Labute approximate surface area is 112 Å². The van der Waals surface area contributed by atoms with Crippen molar-refractivity contribution in [3.63, 3.8) is 0 Å². The van der Waals surface area contributed by atoms with Gasteiger partial charge in [-0.25, -0.2) is 0 Å². The van der Waals surface area contributed by atoms with Crippen LogP contribution in [-0.4, -0.2) is 30.0 Å². The van der Waals surface area contributed by atoms with Crippen molar-refractivity contribution in [2.45, 2.75) is 38.3 Å². The van der Waals surface area contributed by atoms with E-state index in [2.05, 4.69) is 0 Å². The van der Waals surface area contributed by atoms with Crippen LogP contribution in [0.2, 0.25) is 0 Å². The van der Waals surface area contributed by atoms with Crippen LogP contribution >= 0.6 is 0 Å². The van der Waals surface area contributed by atoms with E-state index in [0.29, 0.717) is 13.0 Å². The topological polar surface area (TPSA) is 48.0 Å². The fourth-order valence-corrected chi connectivity index (χ4v) is 2.64. The molecule has 2 aliphatic rings. The van der Waals surface area contributed by atoms with E-state index < -0.39 is 5.72 Å². The Bertz CT molecular complexity index is 478. The summed E-state index contributed by atoms with van der Waals surface area (Å²) < 4.78 is 11.0. The summed E-state index contributed by atoms with van der Waals surface area (Å²) in [7, 11) is 0. The van der Waals surface area contributed by atoms with Gasteiger partial charge < -0.3 is 9.47 Å². The molecule has 5 heteroatoms. The number of cyclic esters (lactones) is 1. The second-order valence-electron chi connectivity index (χ2n) is 4.84. The molecule has 1 aromatic rings. The minimum atomic E-state index is -0.880. The van der Waals surface area contributed by atoms with Crippen LogP contribution in [0.1, 0.15) is 25.8 Å². The van der Waals surface area contributed by atoms with Crippen molar-refractivity contribution >= 4 is 5.97 Å². The number of esters is 1. The fraction of sp³-hybridized carbons (Fsp3) is 0.500. The van der Waals surface area contributed by atoms with E-state index in [1.165, 1.54) is 0 Å². The molecule has 1 aromatic carbocycles. The van der Waals surface area contributed by atoms with Crippen LogP contribution in [0.4, 0.5) is 0 Å². The Kier molecular flexibility index (Phi) is 3.05. The average Bonchev–Trinajstić information content (AvgIpc) is 2.93. The number of carbonyl (C=O) groups excluding carboxylic acids is 1. The Morgan fingerprint density at radius 2 is 2.16 bits per heavy atom. The summed E-state index contributed by atoms with van der Waals surface area (Å²) in [4.78, 5) is 17.7. The average molecular weight is 263 g/mol. The molecule has 3 atom stereocenters. The lowest BCUT2D eigenvalue weighted by Gasteiger charge is -2.31. The summed E-state index contributed by atoms with van der Waals surface area (Å²) >= 11 is 0. The normalized spacial score (nSPS) is 34.3. The summed E-state index contributed by atoms with van der Waals surface area (Å²) in [5.74, 6) is -0.256. The lowest BCUT2D eigenvalue weighted by Crippen LogP contribution is -2.40. The van der Waals surface area contributed by atoms with Gasteiger partial charge in [-0.05, 0) is 13.8 Å². The van der Waals surface area contributed by atoms with E-state index in [4.69, 9.17) is 14.3 Å². The van der Waals surface area contributed by atoms with Gasteiger partial charge in [0, 0.05) is 18.6 Å². The molecular formula is C14H17NO4. The van der Waals surface area contributed by atoms with E-state index >= 15 is 0 Å². The summed E-state index contributed by atoms with van der Waals surface area (Å²) in [6.45, 7) is 4.30. The molecule has 0 spiro atoms. The van der Waals surface area contributed by atoms with E-state index in [-0.39, 0.29) is 18.3 Å². The standard InChI is InChI=1S/C14H17NO4/c1-3-17-12-9-11-13(16)18-14(2,15(11)19-12)10-7-5-4-6-8-10/h4-8,11-12H,3,9H2,1-2H3/t11-,12+,14+/m1/s1. The van der Waals surface area contributed by atoms with E-state index in [0.717, 1.165) is 5.56 Å². The molecule has 0 amide bonds. The highest BCUT2D eigenvalue weighted by molar-refractivity contribution is 5.78. The predicted octanol–water partition coefficient (Wildman–Crippen LogP) is 1.78. The van der Waals surface area contributed by atoms with Gasteiger partial charge >= 0.3 is 5.97 Å². The molecular weight excluding hydrogens is 246 g/mol. The first kappa shape index (κ1) is 12.6. The number of benzene rings is 1. The smallest absolute Gasteiger partial charge is 0.328 e. The Hall–Kier alpha value is -1.43. The third-order valence-corrected chi connectivity index (χ3v) is 3.58. The first-order valence-electron chi connectivity index (χ1n) is 6.51. The van der Waals surface area contributed by atoms with Gasteiger partial charge in [-0.3, -0.25) is 9.63 Å². The third kappa shape index (κ3) is 1.94.